The molecule has 1 rings (SSSR count). The summed E-state index contributed by atoms with van der Waals surface area (Å²) in [6, 6.07) is 2.73. The van der Waals surface area contributed by atoms with Gasteiger partial charge in [0.25, 0.3) is 5.91 Å². The fourth-order valence-electron chi connectivity index (χ4n) is 1.80. The molecule has 4 nitrogen and oxygen atoms in total. The van der Waals surface area contributed by atoms with Gasteiger partial charge in [-0.2, -0.15) is 0 Å². The number of rotatable bonds is 6. The Morgan fingerprint density at radius 1 is 1.37 bits per heavy atom. The number of carbonyl (C=O) groups is 1. The number of nitrogens with zero attached hydrogens (tertiary/aromatic N) is 1. The Morgan fingerprint density at radius 3 is 2.53 bits per heavy atom. The molecule has 0 fully saturated rings. The number of anilines is 1. The largest absolute Gasteiger partial charge is 0.398 e. The summed E-state index contributed by atoms with van der Waals surface area (Å²) in [5, 5.41) is 2.77. The summed E-state index contributed by atoms with van der Waals surface area (Å²) in [6.07, 6.45) is 0. The summed E-state index contributed by atoms with van der Waals surface area (Å²) in [6.45, 7) is 8.94. The molecular formula is C14H22FN3O. The van der Waals surface area contributed by atoms with Gasteiger partial charge in [-0.15, -0.1) is 0 Å². The standard InChI is InChI=1S/C14H22FN3O/c1-4-18(5-2)7-6-17-14(19)11-8-12(15)10(3)13(16)9-11/h8-9H,4-7,16H2,1-3H3,(H,17,19). The number of benzene rings is 1. The van der Waals surface area contributed by atoms with Crippen LogP contribution in [0.3, 0.4) is 0 Å². The summed E-state index contributed by atoms with van der Waals surface area (Å²) in [5.41, 5.74) is 6.59. The van der Waals surface area contributed by atoms with Crippen LogP contribution in [0, 0.1) is 12.7 Å². The molecule has 0 saturated carbocycles. The number of nitrogens with one attached hydrogen (secondary N) is 1. The lowest BCUT2D eigenvalue weighted by Crippen LogP contribution is -2.34. The molecule has 106 valence electrons. The molecule has 1 aromatic rings. The van der Waals surface area contributed by atoms with Gasteiger partial charge >= 0.3 is 0 Å². The van der Waals surface area contributed by atoms with Gasteiger partial charge in [-0.1, -0.05) is 13.8 Å². The minimum atomic E-state index is -0.450. The van der Waals surface area contributed by atoms with E-state index in [2.05, 4.69) is 24.1 Å². The Balaban J connectivity index is 2.59. The maximum absolute atomic E-state index is 13.5. The smallest absolute Gasteiger partial charge is 0.251 e. The van der Waals surface area contributed by atoms with Gasteiger partial charge in [0.15, 0.2) is 0 Å². The molecule has 0 bridgehead atoms. The van der Waals surface area contributed by atoms with Gasteiger partial charge < -0.3 is 16.0 Å². The zero-order valence-corrected chi connectivity index (χ0v) is 11.8. The summed E-state index contributed by atoms with van der Waals surface area (Å²) >= 11 is 0. The van der Waals surface area contributed by atoms with Crippen molar-refractivity contribution < 1.29 is 9.18 Å². The Bertz CT molecular complexity index is 421. The van der Waals surface area contributed by atoms with E-state index >= 15 is 0 Å². The minimum absolute atomic E-state index is 0.264. The molecular weight excluding hydrogens is 245 g/mol. The molecule has 0 aliphatic carbocycles. The molecule has 5 heteroatoms. The van der Waals surface area contributed by atoms with Crippen molar-refractivity contribution in [3.63, 3.8) is 0 Å². The van der Waals surface area contributed by atoms with E-state index in [1.807, 2.05) is 0 Å². The fourth-order valence-corrected chi connectivity index (χ4v) is 1.80. The predicted molar refractivity (Wildman–Crippen MR) is 75.7 cm³/mol. The quantitative estimate of drug-likeness (QED) is 0.773. The number of nitrogens with two attached hydrogens (primary N) is 1. The van der Waals surface area contributed by atoms with Gasteiger partial charge in [-0.25, -0.2) is 4.39 Å². The minimum Gasteiger partial charge on any atom is -0.398 e. The maximum Gasteiger partial charge on any atom is 0.251 e. The van der Waals surface area contributed by atoms with Gasteiger partial charge in [-0.3, -0.25) is 4.79 Å². The Hall–Kier alpha value is -1.62. The number of hydrogen-bond donors (Lipinski definition) is 2. The molecule has 0 heterocycles. The monoisotopic (exact) mass is 267 g/mol. The van der Waals surface area contributed by atoms with Crippen molar-refractivity contribution in [3.8, 4) is 0 Å². The van der Waals surface area contributed by atoms with Crippen LogP contribution in [-0.2, 0) is 0 Å². The lowest BCUT2D eigenvalue weighted by Gasteiger charge is -2.18. The topological polar surface area (TPSA) is 58.4 Å². The highest BCUT2D eigenvalue weighted by molar-refractivity contribution is 5.95. The van der Waals surface area contributed by atoms with E-state index < -0.39 is 5.82 Å². The van der Waals surface area contributed by atoms with Crippen LogP contribution < -0.4 is 11.1 Å². The average Bonchev–Trinajstić information content (AvgIpc) is 2.40. The van der Waals surface area contributed by atoms with Crippen molar-refractivity contribution in [1.82, 2.24) is 10.2 Å². The van der Waals surface area contributed by atoms with Crippen LogP contribution >= 0.6 is 0 Å². The molecule has 0 spiro atoms. The Kier molecular flexibility index (Phi) is 5.76. The average molecular weight is 267 g/mol. The van der Waals surface area contributed by atoms with Crippen LogP contribution in [0.5, 0.6) is 0 Å². The van der Waals surface area contributed by atoms with E-state index in [1.54, 1.807) is 6.92 Å². The van der Waals surface area contributed by atoms with Crippen LogP contribution in [0.25, 0.3) is 0 Å². The summed E-state index contributed by atoms with van der Waals surface area (Å²) < 4.78 is 13.5. The second kappa shape index (κ2) is 7.09. The molecule has 0 aromatic heterocycles. The molecule has 1 amide bonds. The van der Waals surface area contributed by atoms with Crippen molar-refractivity contribution in [2.24, 2.45) is 0 Å². The lowest BCUT2D eigenvalue weighted by molar-refractivity contribution is 0.0948. The van der Waals surface area contributed by atoms with Crippen molar-refractivity contribution in [1.29, 1.82) is 0 Å². The van der Waals surface area contributed by atoms with Crippen LogP contribution in [-0.4, -0.2) is 37.0 Å². The van der Waals surface area contributed by atoms with Crippen molar-refractivity contribution >= 4 is 11.6 Å². The van der Waals surface area contributed by atoms with E-state index in [-0.39, 0.29) is 11.5 Å². The fraction of sp³-hybridized carbons (Fsp3) is 0.500. The SMILES string of the molecule is CCN(CC)CCNC(=O)c1cc(N)c(C)c(F)c1. The van der Waals surface area contributed by atoms with Gasteiger partial charge in [0.1, 0.15) is 5.82 Å². The number of halogens is 1. The third-order valence-corrected chi connectivity index (χ3v) is 3.25. The number of nitrogen functional groups attached to an aromatic ring is 1. The molecule has 1 aromatic carbocycles. The molecule has 0 radical (unpaired) electrons. The lowest BCUT2D eigenvalue weighted by atomic mass is 10.1. The maximum atomic E-state index is 13.5. The van der Waals surface area contributed by atoms with Gasteiger partial charge in [0, 0.05) is 29.9 Å². The summed E-state index contributed by atoms with van der Waals surface area (Å²) in [5.74, 6) is -0.744. The third kappa shape index (κ3) is 4.21. The highest BCUT2D eigenvalue weighted by Gasteiger charge is 2.11. The van der Waals surface area contributed by atoms with Gasteiger partial charge in [-0.05, 0) is 32.1 Å². The molecule has 19 heavy (non-hydrogen) atoms. The van der Waals surface area contributed by atoms with Gasteiger partial charge in [0.2, 0.25) is 0 Å². The molecule has 0 atom stereocenters. The first-order valence-electron chi connectivity index (χ1n) is 6.55. The first kappa shape index (κ1) is 15.4. The number of amides is 1. The highest BCUT2D eigenvalue weighted by atomic mass is 19.1. The zero-order valence-electron chi connectivity index (χ0n) is 11.8. The third-order valence-electron chi connectivity index (χ3n) is 3.25. The van der Waals surface area contributed by atoms with Crippen molar-refractivity contribution in [2.75, 3.05) is 31.9 Å². The van der Waals surface area contributed by atoms with E-state index in [0.717, 1.165) is 19.6 Å². The molecule has 0 saturated heterocycles. The van der Waals surface area contributed by atoms with Crippen LogP contribution in [0.2, 0.25) is 0 Å². The first-order valence-corrected chi connectivity index (χ1v) is 6.55. The second-order valence-electron chi connectivity index (χ2n) is 4.46. The van der Waals surface area contributed by atoms with Crippen molar-refractivity contribution in [2.45, 2.75) is 20.8 Å². The molecule has 0 aliphatic heterocycles. The number of carbonyl (C=O) groups excluding carboxylic acids is 1. The highest BCUT2D eigenvalue weighted by Crippen LogP contribution is 2.17. The van der Waals surface area contributed by atoms with E-state index in [1.165, 1.54) is 12.1 Å². The predicted octanol–water partition coefficient (Wildman–Crippen LogP) is 1.79. The normalized spacial score (nSPS) is 10.8. The molecule has 0 unspecified atom stereocenters. The van der Waals surface area contributed by atoms with Crippen LogP contribution in [0.1, 0.15) is 29.8 Å². The van der Waals surface area contributed by atoms with Gasteiger partial charge in [0.05, 0.1) is 0 Å². The Labute approximate surface area is 113 Å². The number of likely N-dealkylation sites (N-methyl/N-ethyl adjacent to an activating group) is 1. The zero-order chi connectivity index (χ0) is 14.4. The summed E-state index contributed by atoms with van der Waals surface area (Å²) in [4.78, 5) is 14.1. The van der Waals surface area contributed by atoms with E-state index in [9.17, 15) is 9.18 Å². The van der Waals surface area contributed by atoms with Crippen LogP contribution in [0.15, 0.2) is 12.1 Å². The molecule has 3 N–H and O–H groups in total. The van der Waals surface area contributed by atoms with E-state index in [0.29, 0.717) is 17.8 Å². The van der Waals surface area contributed by atoms with E-state index in [4.69, 9.17) is 5.73 Å². The summed E-state index contributed by atoms with van der Waals surface area (Å²) in [7, 11) is 0. The number of hydrogen-bond acceptors (Lipinski definition) is 3. The molecule has 0 aliphatic rings. The Morgan fingerprint density at radius 2 is 2.00 bits per heavy atom. The second-order valence-corrected chi connectivity index (χ2v) is 4.46. The van der Waals surface area contributed by atoms with Crippen molar-refractivity contribution in [3.05, 3.63) is 29.1 Å². The first-order chi connectivity index (χ1) is 8.99. The van der Waals surface area contributed by atoms with Crippen LogP contribution in [0.4, 0.5) is 10.1 Å².